The number of amides is 1. The van der Waals surface area contributed by atoms with Crippen molar-refractivity contribution in [3.63, 3.8) is 0 Å². The van der Waals surface area contributed by atoms with Crippen LogP contribution in [0.3, 0.4) is 0 Å². The van der Waals surface area contributed by atoms with Crippen LogP contribution in [0.15, 0.2) is 28.9 Å². The highest BCUT2D eigenvalue weighted by atomic mass is 79.9. The third-order valence-electron chi connectivity index (χ3n) is 2.82. The molecule has 0 spiro atoms. The summed E-state index contributed by atoms with van der Waals surface area (Å²) in [6.07, 6.45) is 1.81. The van der Waals surface area contributed by atoms with E-state index in [1.54, 1.807) is 11.7 Å². The van der Waals surface area contributed by atoms with Gasteiger partial charge in [0.1, 0.15) is 0 Å². The van der Waals surface area contributed by atoms with Gasteiger partial charge in [-0.25, -0.2) is 4.98 Å². The van der Waals surface area contributed by atoms with Crippen LogP contribution in [0.1, 0.15) is 16.1 Å². The number of benzene rings is 1. The van der Waals surface area contributed by atoms with Crippen molar-refractivity contribution in [2.45, 2.75) is 6.92 Å². The molecule has 0 saturated carbocycles. The minimum Gasteiger partial charge on any atom is -0.296 e. The van der Waals surface area contributed by atoms with Gasteiger partial charge in [-0.15, -0.1) is 0 Å². The Kier molecular flexibility index (Phi) is 3.31. The number of thiazole rings is 1. The van der Waals surface area contributed by atoms with Crippen LogP contribution in [0, 0.1) is 6.92 Å². The summed E-state index contributed by atoms with van der Waals surface area (Å²) >= 11 is 4.89. The molecule has 0 fully saturated rings. The molecule has 102 valence electrons. The molecule has 2 aromatic heterocycles. The predicted molar refractivity (Wildman–Crippen MR) is 83.2 cm³/mol. The summed E-state index contributed by atoms with van der Waals surface area (Å²) in [6.45, 7) is 1.86. The maximum Gasteiger partial charge on any atom is 0.278 e. The quantitative estimate of drug-likeness (QED) is 0.770. The Morgan fingerprint density at radius 1 is 1.45 bits per heavy atom. The molecule has 0 aliphatic carbocycles. The average molecular weight is 351 g/mol. The molecule has 0 atom stereocenters. The van der Waals surface area contributed by atoms with Crippen LogP contribution in [0.4, 0.5) is 5.13 Å². The number of carbonyl (C=O) groups excluding carboxylic acids is 1. The summed E-state index contributed by atoms with van der Waals surface area (Å²) in [5.74, 6) is -0.238. The van der Waals surface area contributed by atoms with E-state index in [2.05, 4.69) is 31.3 Å². The van der Waals surface area contributed by atoms with Gasteiger partial charge in [-0.05, 0) is 35.0 Å². The van der Waals surface area contributed by atoms with Gasteiger partial charge in [0, 0.05) is 23.3 Å². The smallest absolute Gasteiger partial charge is 0.278 e. The molecule has 3 rings (SSSR count). The number of aromatic nitrogens is 3. The number of carbonyl (C=O) groups is 1. The Bertz CT molecular complexity index is 808. The number of nitrogens with one attached hydrogen (secondary N) is 1. The summed E-state index contributed by atoms with van der Waals surface area (Å²) in [7, 11) is 1.79. The van der Waals surface area contributed by atoms with Gasteiger partial charge in [0.2, 0.25) is 0 Å². The van der Waals surface area contributed by atoms with Crippen molar-refractivity contribution in [2.75, 3.05) is 5.32 Å². The largest absolute Gasteiger partial charge is 0.296 e. The predicted octanol–water partition coefficient (Wildman–Crippen LogP) is 3.35. The van der Waals surface area contributed by atoms with Crippen LogP contribution in [-0.2, 0) is 7.05 Å². The van der Waals surface area contributed by atoms with Crippen molar-refractivity contribution in [1.29, 1.82) is 0 Å². The standard InChI is InChI=1S/C13H11BrN4OS/c1-7-6-18(2)17-10(7)12(19)16-13-15-11-8(14)4-3-5-9(11)20-13/h3-6H,1-2H3,(H,15,16,19). The molecule has 0 radical (unpaired) electrons. The highest BCUT2D eigenvalue weighted by molar-refractivity contribution is 9.10. The van der Waals surface area contributed by atoms with Crippen molar-refractivity contribution >= 4 is 48.5 Å². The highest BCUT2D eigenvalue weighted by Gasteiger charge is 2.15. The van der Waals surface area contributed by atoms with Crippen LogP contribution in [0.2, 0.25) is 0 Å². The van der Waals surface area contributed by atoms with Gasteiger partial charge in [0.05, 0.1) is 10.2 Å². The first-order valence-corrected chi connectivity index (χ1v) is 7.52. The lowest BCUT2D eigenvalue weighted by molar-refractivity contribution is 0.102. The van der Waals surface area contributed by atoms with E-state index in [9.17, 15) is 4.79 Å². The van der Waals surface area contributed by atoms with Crippen LogP contribution < -0.4 is 5.32 Å². The number of hydrogen-bond acceptors (Lipinski definition) is 4. The van der Waals surface area contributed by atoms with E-state index in [1.165, 1.54) is 11.3 Å². The minimum atomic E-state index is -0.238. The van der Waals surface area contributed by atoms with Gasteiger partial charge in [-0.1, -0.05) is 17.4 Å². The number of anilines is 1. The fourth-order valence-electron chi connectivity index (χ4n) is 1.96. The maximum atomic E-state index is 12.2. The molecule has 1 amide bonds. The molecule has 1 N–H and O–H groups in total. The number of para-hydroxylation sites is 1. The molecule has 0 bridgehead atoms. The van der Waals surface area contributed by atoms with Crippen molar-refractivity contribution in [2.24, 2.45) is 7.05 Å². The number of fused-ring (bicyclic) bond motifs is 1. The Morgan fingerprint density at radius 2 is 2.25 bits per heavy atom. The van der Waals surface area contributed by atoms with Crippen molar-refractivity contribution in [3.8, 4) is 0 Å². The van der Waals surface area contributed by atoms with Gasteiger partial charge >= 0.3 is 0 Å². The van der Waals surface area contributed by atoms with Crippen molar-refractivity contribution in [1.82, 2.24) is 14.8 Å². The van der Waals surface area contributed by atoms with Gasteiger partial charge in [0.25, 0.3) is 5.91 Å². The van der Waals surface area contributed by atoms with E-state index >= 15 is 0 Å². The lowest BCUT2D eigenvalue weighted by Crippen LogP contribution is -2.13. The lowest BCUT2D eigenvalue weighted by atomic mass is 10.3. The van der Waals surface area contributed by atoms with Gasteiger partial charge in [-0.3, -0.25) is 14.8 Å². The molecule has 0 unspecified atom stereocenters. The zero-order valence-corrected chi connectivity index (χ0v) is 13.2. The Balaban J connectivity index is 1.91. The fourth-order valence-corrected chi connectivity index (χ4v) is 3.43. The second kappa shape index (κ2) is 4.99. The number of aryl methyl sites for hydroxylation is 2. The lowest BCUT2D eigenvalue weighted by Gasteiger charge is -1.98. The van der Waals surface area contributed by atoms with E-state index in [0.29, 0.717) is 10.8 Å². The zero-order valence-electron chi connectivity index (χ0n) is 10.8. The average Bonchev–Trinajstić information content (AvgIpc) is 2.93. The molecule has 7 heteroatoms. The third kappa shape index (κ3) is 2.34. The van der Waals surface area contributed by atoms with Crippen LogP contribution in [0.5, 0.6) is 0 Å². The number of nitrogens with zero attached hydrogens (tertiary/aromatic N) is 3. The van der Waals surface area contributed by atoms with Crippen LogP contribution in [0.25, 0.3) is 10.2 Å². The first-order chi connectivity index (χ1) is 9.54. The Morgan fingerprint density at radius 3 is 2.90 bits per heavy atom. The molecule has 0 aliphatic rings. The molecular weight excluding hydrogens is 340 g/mol. The van der Waals surface area contributed by atoms with E-state index in [0.717, 1.165) is 20.3 Å². The summed E-state index contributed by atoms with van der Waals surface area (Å²) in [4.78, 5) is 16.6. The van der Waals surface area contributed by atoms with Gasteiger partial charge < -0.3 is 0 Å². The van der Waals surface area contributed by atoms with E-state index < -0.39 is 0 Å². The number of hydrogen-bond donors (Lipinski definition) is 1. The molecule has 3 aromatic rings. The molecule has 2 heterocycles. The van der Waals surface area contributed by atoms with Gasteiger partial charge in [-0.2, -0.15) is 5.10 Å². The first-order valence-electron chi connectivity index (χ1n) is 5.91. The summed E-state index contributed by atoms with van der Waals surface area (Å²) in [5, 5.41) is 7.52. The number of rotatable bonds is 2. The topological polar surface area (TPSA) is 59.8 Å². The zero-order chi connectivity index (χ0) is 14.3. The molecule has 1 aromatic carbocycles. The molecule has 0 aliphatic heterocycles. The van der Waals surface area contributed by atoms with E-state index in [4.69, 9.17) is 0 Å². The molecular formula is C13H11BrN4OS. The molecule has 20 heavy (non-hydrogen) atoms. The Hall–Kier alpha value is -1.73. The van der Waals surface area contributed by atoms with Crippen molar-refractivity contribution < 1.29 is 4.79 Å². The minimum absolute atomic E-state index is 0.238. The summed E-state index contributed by atoms with van der Waals surface area (Å²) < 4.78 is 3.56. The van der Waals surface area contributed by atoms with Crippen LogP contribution in [-0.4, -0.2) is 20.7 Å². The Labute approximate surface area is 127 Å². The van der Waals surface area contributed by atoms with E-state index in [-0.39, 0.29) is 5.91 Å². The molecule has 5 nitrogen and oxygen atoms in total. The van der Waals surface area contributed by atoms with Crippen molar-refractivity contribution in [3.05, 3.63) is 40.1 Å². The van der Waals surface area contributed by atoms with E-state index in [1.807, 2.05) is 31.3 Å². The SMILES string of the molecule is Cc1cn(C)nc1C(=O)Nc1nc2c(Br)cccc2s1. The normalized spacial score (nSPS) is 10.9. The summed E-state index contributed by atoms with van der Waals surface area (Å²) in [5.41, 5.74) is 2.11. The second-order valence-corrected chi connectivity index (χ2v) is 6.28. The van der Waals surface area contributed by atoms with Gasteiger partial charge in [0.15, 0.2) is 10.8 Å². The fraction of sp³-hybridized carbons (Fsp3) is 0.154. The highest BCUT2D eigenvalue weighted by Crippen LogP contribution is 2.31. The monoisotopic (exact) mass is 350 g/mol. The second-order valence-electron chi connectivity index (χ2n) is 4.39. The third-order valence-corrected chi connectivity index (χ3v) is 4.39. The van der Waals surface area contributed by atoms with Crippen LogP contribution >= 0.6 is 27.3 Å². The molecule has 0 saturated heterocycles. The maximum absolute atomic E-state index is 12.2. The number of halogens is 1. The summed E-state index contributed by atoms with van der Waals surface area (Å²) in [6, 6.07) is 5.84. The first kappa shape index (κ1) is 13.3.